The van der Waals surface area contributed by atoms with Gasteiger partial charge in [-0.25, -0.2) is 9.97 Å². The molecule has 4 heteroatoms. The number of nitrogens with zero attached hydrogens (tertiary/aromatic N) is 2. The number of fused-ring (bicyclic) bond motifs is 1. The Morgan fingerprint density at radius 3 is 1.96 bits per heavy atom. The van der Waals surface area contributed by atoms with E-state index in [0.717, 1.165) is 46.9 Å². The van der Waals surface area contributed by atoms with Crippen molar-refractivity contribution in [2.45, 2.75) is 19.4 Å². The van der Waals surface area contributed by atoms with Gasteiger partial charge in [-0.15, -0.1) is 12.4 Å². The van der Waals surface area contributed by atoms with Crippen LogP contribution in [0.3, 0.4) is 0 Å². The molecule has 1 unspecified atom stereocenters. The lowest BCUT2D eigenvalue weighted by Gasteiger charge is -2.24. The SMILES string of the molecule is CC1NCCc2nc(-c3ccccc3)c(-c3ccccc3)nc21.Cl. The maximum absolute atomic E-state index is 5.02. The van der Waals surface area contributed by atoms with Gasteiger partial charge < -0.3 is 5.32 Å². The number of hydrogen-bond donors (Lipinski definition) is 1. The lowest BCUT2D eigenvalue weighted by atomic mass is 10.00. The predicted molar refractivity (Wildman–Crippen MR) is 100 cm³/mol. The third kappa shape index (κ3) is 3.05. The fourth-order valence-corrected chi connectivity index (χ4v) is 3.11. The van der Waals surface area contributed by atoms with Crippen molar-refractivity contribution in [3.63, 3.8) is 0 Å². The van der Waals surface area contributed by atoms with E-state index in [9.17, 15) is 0 Å². The van der Waals surface area contributed by atoms with Gasteiger partial charge >= 0.3 is 0 Å². The second kappa shape index (κ2) is 7.12. The summed E-state index contributed by atoms with van der Waals surface area (Å²) in [5.41, 5.74) is 6.37. The largest absolute Gasteiger partial charge is 0.308 e. The molecule has 1 aromatic heterocycles. The van der Waals surface area contributed by atoms with E-state index < -0.39 is 0 Å². The summed E-state index contributed by atoms with van der Waals surface area (Å²) in [6, 6.07) is 20.9. The highest BCUT2D eigenvalue weighted by Crippen LogP contribution is 2.32. The van der Waals surface area contributed by atoms with Gasteiger partial charge in [0.05, 0.1) is 22.8 Å². The van der Waals surface area contributed by atoms with E-state index in [-0.39, 0.29) is 18.4 Å². The van der Waals surface area contributed by atoms with Crippen LogP contribution in [0.25, 0.3) is 22.5 Å². The van der Waals surface area contributed by atoms with Crippen LogP contribution in [0.5, 0.6) is 0 Å². The second-order valence-electron chi connectivity index (χ2n) is 5.91. The number of aromatic nitrogens is 2. The van der Waals surface area contributed by atoms with Crippen molar-refractivity contribution in [2.75, 3.05) is 6.54 Å². The maximum atomic E-state index is 5.02. The van der Waals surface area contributed by atoms with E-state index in [0.29, 0.717) is 0 Å². The molecule has 1 atom stereocenters. The van der Waals surface area contributed by atoms with Crippen molar-refractivity contribution >= 4 is 12.4 Å². The molecule has 0 spiro atoms. The Balaban J connectivity index is 0.00000169. The van der Waals surface area contributed by atoms with Crippen molar-refractivity contribution in [2.24, 2.45) is 0 Å². The van der Waals surface area contributed by atoms with Crippen molar-refractivity contribution in [3.05, 3.63) is 72.1 Å². The van der Waals surface area contributed by atoms with Crippen molar-refractivity contribution in [1.82, 2.24) is 15.3 Å². The molecule has 24 heavy (non-hydrogen) atoms. The van der Waals surface area contributed by atoms with Gasteiger partial charge in [0.2, 0.25) is 0 Å². The zero-order chi connectivity index (χ0) is 15.6. The minimum Gasteiger partial charge on any atom is -0.308 e. The lowest BCUT2D eigenvalue weighted by molar-refractivity contribution is 0.518. The van der Waals surface area contributed by atoms with Crippen LogP contribution in [0.1, 0.15) is 24.4 Å². The van der Waals surface area contributed by atoms with Crippen LogP contribution >= 0.6 is 12.4 Å². The first-order valence-corrected chi connectivity index (χ1v) is 8.08. The standard InChI is InChI=1S/C20H19N3.ClH/c1-14-18-17(12-13-21-14)22-19(15-8-4-2-5-9-15)20(23-18)16-10-6-3-7-11-16;/h2-11,14,21H,12-13H2,1H3;1H. The first kappa shape index (κ1) is 16.6. The predicted octanol–water partition coefficient (Wildman–Crippen LogP) is 4.44. The van der Waals surface area contributed by atoms with Crippen molar-refractivity contribution < 1.29 is 0 Å². The van der Waals surface area contributed by atoms with Crippen LogP contribution in [0.4, 0.5) is 0 Å². The molecule has 0 radical (unpaired) electrons. The molecule has 4 rings (SSSR count). The molecule has 0 bridgehead atoms. The summed E-state index contributed by atoms with van der Waals surface area (Å²) in [7, 11) is 0. The van der Waals surface area contributed by atoms with Crippen LogP contribution in [0.2, 0.25) is 0 Å². The van der Waals surface area contributed by atoms with Crippen LogP contribution < -0.4 is 5.32 Å². The molecule has 1 aliphatic rings. The van der Waals surface area contributed by atoms with E-state index in [2.05, 4.69) is 48.6 Å². The van der Waals surface area contributed by atoms with Gasteiger partial charge in [-0.3, -0.25) is 0 Å². The smallest absolute Gasteiger partial charge is 0.0969 e. The van der Waals surface area contributed by atoms with Crippen LogP contribution in [-0.2, 0) is 6.42 Å². The minimum atomic E-state index is 0. The van der Waals surface area contributed by atoms with Gasteiger partial charge in [0, 0.05) is 30.1 Å². The van der Waals surface area contributed by atoms with Gasteiger partial charge in [0.1, 0.15) is 0 Å². The molecular weight excluding hydrogens is 318 g/mol. The number of halogens is 1. The lowest BCUT2D eigenvalue weighted by Crippen LogP contribution is -2.30. The van der Waals surface area contributed by atoms with Crippen LogP contribution in [0, 0.1) is 0 Å². The van der Waals surface area contributed by atoms with E-state index in [4.69, 9.17) is 9.97 Å². The summed E-state index contributed by atoms with van der Waals surface area (Å²) in [4.78, 5) is 10.0. The van der Waals surface area contributed by atoms with E-state index >= 15 is 0 Å². The molecule has 122 valence electrons. The van der Waals surface area contributed by atoms with Gasteiger partial charge in [-0.1, -0.05) is 60.7 Å². The van der Waals surface area contributed by atoms with Gasteiger partial charge in [0.25, 0.3) is 0 Å². The molecule has 0 amide bonds. The van der Waals surface area contributed by atoms with Crippen LogP contribution in [0.15, 0.2) is 60.7 Å². The summed E-state index contributed by atoms with van der Waals surface area (Å²) in [6.07, 6.45) is 0.932. The number of nitrogens with one attached hydrogen (secondary N) is 1. The summed E-state index contributed by atoms with van der Waals surface area (Å²) < 4.78 is 0. The Morgan fingerprint density at radius 2 is 1.38 bits per heavy atom. The molecule has 0 fully saturated rings. The highest BCUT2D eigenvalue weighted by molar-refractivity contribution is 5.85. The van der Waals surface area contributed by atoms with Gasteiger partial charge in [-0.05, 0) is 6.92 Å². The van der Waals surface area contributed by atoms with Crippen LogP contribution in [-0.4, -0.2) is 16.5 Å². The third-order valence-electron chi connectivity index (χ3n) is 4.32. The summed E-state index contributed by atoms with van der Waals surface area (Å²) in [6.45, 7) is 3.12. The zero-order valence-corrected chi connectivity index (χ0v) is 14.4. The Morgan fingerprint density at radius 1 is 0.833 bits per heavy atom. The molecule has 0 saturated carbocycles. The Labute approximate surface area is 148 Å². The molecule has 3 aromatic rings. The summed E-state index contributed by atoms with van der Waals surface area (Å²) >= 11 is 0. The molecule has 1 aliphatic heterocycles. The first-order chi connectivity index (χ1) is 11.3. The molecular formula is C20H20ClN3. The Bertz CT molecular complexity index is 819. The number of benzene rings is 2. The van der Waals surface area contributed by atoms with E-state index in [1.165, 1.54) is 0 Å². The van der Waals surface area contributed by atoms with E-state index in [1.807, 2.05) is 24.3 Å². The highest BCUT2D eigenvalue weighted by Gasteiger charge is 2.22. The third-order valence-corrected chi connectivity index (χ3v) is 4.32. The molecule has 0 saturated heterocycles. The topological polar surface area (TPSA) is 37.8 Å². The monoisotopic (exact) mass is 337 g/mol. The van der Waals surface area contributed by atoms with Crippen molar-refractivity contribution in [1.29, 1.82) is 0 Å². The molecule has 0 aliphatic carbocycles. The molecule has 1 N–H and O–H groups in total. The summed E-state index contributed by atoms with van der Waals surface area (Å²) in [5.74, 6) is 0. The van der Waals surface area contributed by atoms with Gasteiger partial charge in [-0.2, -0.15) is 0 Å². The number of hydrogen-bond acceptors (Lipinski definition) is 3. The fourth-order valence-electron chi connectivity index (χ4n) is 3.11. The first-order valence-electron chi connectivity index (χ1n) is 8.08. The fraction of sp³-hybridized carbons (Fsp3) is 0.200. The quantitative estimate of drug-likeness (QED) is 0.751. The second-order valence-corrected chi connectivity index (χ2v) is 5.91. The average Bonchev–Trinajstić information content (AvgIpc) is 2.63. The molecule has 2 aromatic carbocycles. The Hall–Kier alpha value is -2.23. The minimum absolute atomic E-state index is 0. The molecule has 3 nitrogen and oxygen atoms in total. The molecule has 2 heterocycles. The number of rotatable bonds is 2. The average molecular weight is 338 g/mol. The Kier molecular flexibility index (Phi) is 4.93. The van der Waals surface area contributed by atoms with Crippen molar-refractivity contribution in [3.8, 4) is 22.5 Å². The summed E-state index contributed by atoms with van der Waals surface area (Å²) in [5, 5.41) is 3.47. The highest BCUT2D eigenvalue weighted by atomic mass is 35.5. The maximum Gasteiger partial charge on any atom is 0.0969 e. The zero-order valence-electron chi connectivity index (χ0n) is 13.6. The van der Waals surface area contributed by atoms with E-state index in [1.54, 1.807) is 0 Å². The normalized spacial score (nSPS) is 16.1. The van der Waals surface area contributed by atoms with Gasteiger partial charge in [0.15, 0.2) is 0 Å².